The second kappa shape index (κ2) is 14.8. The van der Waals surface area contributed by atoms with Gasteiger partial charge in [-0.05, 0) is 47.2 Å². The monoisotopic (exact) mass is 532 g/mol. The zero-order valence-electron chi connectivity index (χ0n) is 22.0. The van der Waals surface area contributed by atoms with Gasteiger partial charge in [-0.3, -0.25) is 9.59 Å². The minimum atomic E-state index is -1.24. The van der Waals surface area contributed by atoms with E-state index in [2.05, 4.69) is 10.6 Å². The van der Waals surface area contributed by atoms with Crippen LogP contribution in [0.1, 0.15) is 38.8 Å². The van der Waals surface area contributed by atoms with E-state index in [1.165, 1.54) is 48.5 Å². The first kappa shape index (κ1) is 30.4. The first-order valence-electron chi connectivity index (χ1n) is 12.4. The molecule has 0 aromatic heterocycles. The Morgan fingerprint density at radius 3 is 1.24 bits per heavy atom. The van der Waals surface area contributed by atoms with Crippen LogP contribution in [0, 0.1) is 23.5 Å². The summed E-state index contributed by atoms with van der Waals surface area (Å²) in [7, 11) is 0. The maximum atomic E-state index is 13.3. The zero-order valence-corrected chi connectivity index (χ0v) is 22.0. The van der Waals surface area contributed by atoms with Crippen molar-refractivity contribution in [1.29, 1.82) is 0 Å². The predicted octanol–water partition coefficient (Wildman–Crippen LogP) is 3.12. The third-order valence-electron chi connectivity index (χ3n) is 5.21. The van der Waals surface area contributed by atoms with E-state index in [1.54, 1.807) is 0 Å². The minimum absolute atomic E-state index is 0.0356. The molecule has 0 bridgehead atoms. The van der Waals surface area contributed by atoms with Crippen LogP contribution < -0.4 is 10.6 Å². The van der Waals surface area contributed by atoms with E-state index >= 15 is 0 Å². The first-order chi connectivity index (χ1) is 17.9. The normalized spacial score (nSPS) is 12.5. The van der Waals surface area contributed by atoms with Gasteiger partial charge in [0.05, 0.1) is 13.2 Å². The molecule has 10 heteroatoms. The largest absolute Gasteiger partial charge is 0.464 e. The smallest absolute Gasteiger partial charge is 0.329 e. The second-order valence-corrected chi connectivity index (χ2v) is 9.76. The van der Waals surface area contributed by atoms with Gasteiger partial charge in [0.1, 0.15) is 23.7 Å². The molecular formula is C28H34F2N2O6. The van der Waals surface area contributed by atoms with E-state index in [4.69, 9.17) is 9.47 Å². The third kappa shape index (κ3) is 10.7. The van der Waals surface area contributed by atoms with Crippen LogP contribution in [0.3, 0.4) is 0 Å². The Morgan fingerprint density at radius 1 is 0.632 bits per heavy atom. The predicted molar refractivity (Wildman–Crippen MR) is 136 cm³/mol. The molecule has 0 saturated carbocycles. The van der Waals surface area contributed by atoms with E-state index in [0.717, 1.165) is 0 Å². The molecule has 0 spiro atoms. The Hall–Kier alpha value is -3.82. The van der Waals surface area contributed by atoms with Crippen LogP contribution in [0.15, 0.2) is 48.5 Å². The summed E-state index contributed by atoms with van der Waals surface area (Å²) in [4.78, 5) is 50.9. The van der Waals surface area contributed by atoms with Crippen molar-refractivity contribution in [2.45, 2.75) is 52.6 Å². The summed E-state index contributed by atoms with van der Waals surface area (Å²) in [5, 5.41) is 4.70. The minimum Gasteiger partial charge on any atom is -0.464 e. The van der Waals surface area contributed by atoms with Crippen molar-refractivity contribution in [3.8, 4) is 0 Å². The van der Waals surface area contributed by atoms with Gasteiger partial charge in [0, 0.05) is 12.8 Å². The van der Waals surface area contributed by atoms with Crippen LogP contribution in [0.5, 0.6) is 0 Å². The fourth-order valence-corrected chi connectivity index (χ4v) is 3.25. The molecular weight excluding hydrogens is 498 g/mol. The van der Waals surface area contributed by atoms with Crippen molar-refractivity contribution >= 4 is 23.8 Å². The summed E-state index contributed by atoms with van der Waals surface area (Å²) in [6.07, 6.45) is -0.0999. The lowest BCUT2D eigenvalue weighted by Crippen LogP contribution is -2.53. The Labute approximate surface area is 221 Å². The molecule has 0 fully saturated rings. The number of amides is 2. The number of ether oxygens (including phenoxy) is 2. The van der Waals surface area contributed by atoms with Crippen molar-refractivity contribution in [3.05, 3.63) is 71.3 Å². The number of halogens is 2. The molecule has 2 amide bonds. The molecule has 0 unspecified atom stereocenters. The van der Waals surface area contributed by atoms with Gasteiger partial charge in [-0.2, -0.15) is 0 Å². The van der Waals surface area contributed by atoms with Gasteiger partial charge in [-0.25, -0.2) is 18.4 Å². The van der Waals surface area contributed by atoms with Gasteiger partial charge >= 0.3 is 23.8 Å². The Balaban J connectivity index is 2.15. The van der Waals surface area contributed by atoms with E-state index in [9.17, 15) is 28.0 Å². The molecule has 2 aromatic carbocycles. The molecule has 0 saturated heterocycles. The van der Waals surface area contributed by atoms with Crippen LogP contribution in [0.25, 0.3) is 0 Å². The standard InChI is InChI=1S/C28H34F2N2O6/c1-17(2)15-37-27(35)23(13-19-5-9-21(29)10-6-19)31-25(33)26(34)32-24(28(36)38-16-18(3)4)14-20-7-11-22(30)12-8-20/h5-12,17-18,23-24H,13-16H2,1-4H3,(H,31,33)(H,32,34)/t23-,24-/m0/s1. The maximum Gasteiger partial charge on any atom is 0.329 e. The second-order valence-electron chi connectivity index (χ2n) is 9.76. The Bertz CT molecular complexity index is 1000. The van der Waals surface area contributed by atoms with E-state index in [0.29, 0.717) is 11.1 Å². The molecule has 0 radical (unpaired) electrons. The van der Waals surface area contributed by atoms with Crippen LogP contribution in [0.4, 0.5) is 8.78 Å². The van der Waals surface area contributed by atoms with Crippen molar-refractivity contribution in [1.82, 2.24) is 10.6 Å². The molecule has 8 nitrogen and oxygen atoms in total. The van der Waals surface area contributed by atoms with Crippen molar-refractivity contribution < 1.29 is 37.4 Å². The molecule has 2 N–H and O–H groups in total. The number of benzene rings is 2. The lowest BCUT2D eigenvalue weighted by atomic mass is 10.0. The maximum absolute atomic E-state index is 13.3. The summed E-state index contributed by atoms with van der Waals surface area (Å²) < 4.78 is 37.1. The fourth-order valence-electron chi connectivity index (χ4n) is 3.25. The summed E-state index contributed by atoms with van der Waals surface area (Å²) in [6, 6.07) is 8.18. The van der Waals surface area contributed by atoms with Gasteiger partial charge in [-0.15, -0.1) is 0 Å². The molecule has 0 aliphatic carbocycles. The highest BCUT2D eigenvalue weighted by molar-refractivity contribution is 6.35. The van der Waals surface area contributed by atoms with E-state index in [-0.39, 0.29) is 37.9 Å². The highest BCUT2D eigenvalue weighted by atomic mass is 19.1. The molecule has 38 heavy (non-hydrogen) atoms. The molecule has 2 atom stereocenters. The lowest BCUT2D eigenvalue weighted by Gasteiger charge is -2.21. The highest BCUT2D eigenvalue weighted by Crippen LogP contribution is 2.10. The van der Waals surface area contributed by atoms with Gasteiger partial charge in [-0.1, -0.05) is 52.0 Å². The van der Waals surface area contributed by atoms with Gasteiger partial charge < -0.3 is 20.1 Å². The average molecular weight is 533 g/mol. The number of rotatable bonds is 12. The third-order valence-corrected chi connectivity index (χ3v) is 5.21. The number of carbonyl (C=O) groups is 4. The van der Waals surface area contributed by atoms with Crippen molar-refractivity contribution in [2.75, 3.05) is 13.2 Å². The zero-order chi connectivity index (χ0) is 28.2. The number of esters is 2. The molecule has 0 heterocycles. The summed E-state index contributed by atoms with van der Waals surface area (Å²) in [6.45, 7) is 7.56. The summed E-state index contributed by atoms with van der Waals surface area (Å²) in [5.41, 5.74) is 1.06. The van der Waals surface area contributed by atoms with Gasteiger partial charge in [0.2, 0.25) is 0 Å². The number of hydrogen-bond acceptors (Lipinski definition) is 6. The SMILES string of the molecule is CC(C)COC(=O)[C@H](Cc1ccc(F)cc1)NC(=O)C(=O)N[C@@H](Cc1ccc(F)cc1)C(=O)OCC(C)C. The number of hydrogen-bond donors (Lipinski definition) is 2. The fraction of sp³-hybridized carbons (Fsp3) is 0.429. The van der Waals surface area contributed by atoms with Crippen LogP contribution in [-0.4, -0.2) is 49.1 Å². The van der Waals surface area contributed by atoms with Gasteiger partial charge in [0.25, 0.3) is 0 Å². The average Bonchev–Trinajstić information content (AvgIpc) is 2.87. The topological polar surface area (TPSA) is 111 Å². The van der Waals surface area contributed by atoms with Gasteiger partial charge in [0.15, 0.2) is 0 Å². The number of nitrogens with one attached hydrogen (secondary N) is 2. The highest BCUT2D eigenvalue weighted by Gasteiger charge is 2.30. The quantitative estimate of drug-likeness (QED) is 0.321. The first-order valence-corrected chi connectivity index (χ1v) is 12.4. The van der Waals surface area contributed by atoms with E-state index in [1.807, 2.05) is 27.7 Å². The molecule has 0 aliphatic heterocycles. The van der Waals surface area contributed by atoms with Crippen LogP contribution >= 0.6 is 0 Å². The molecule has 0 aliphatic rings. The van der Waals surface area contributed by atoms with Crippen LogP contribution in [0.2, 0.25) is 0 Å². The summed E-state index contributed by atoms with van der Waals surface area (Å²) in [5.74, 6) is -4.72. The van der Waals surface area contributed by atoms with Crippen LogP contribution in [-0.2, 0) is 41.5 Å². The Morgan fingerprint density at radius 2 is 0.947 bits per heavy atom. The summed E-state index contributed by atoms with van der Waals surface area (Å²) >= 11 is 0. The van der Waals surface area contributed by atoms with E-state index < -0.39 is 47.5 Å². The lowest BCUT2D eigenvalue weighted by molar-refractivity contribution is -0.152. The van der Waals surface area contributed by atoms with Crippen molar-refractivity contribution in [3.63, 3.8) is 0 Å². The number of carbonyl (C=O) groups excluding carboxylic acids is 4. The molecule has 2 rings (SSSR count). The molecule has 2 aromatic rings. The van der Waals surface area contributed by atoms with Crippen molar-refractivity contribution in [2.24, 2.45) is 11.8 Å². The molecule has 206 valence electrons. The Kier molecular flexibility index (Phi) is 11.8.